The Labute approximate surface area is 161 Å². The van der Waals surface area contributed by atoms with Crippen LogP contribution in [0.3, 0.4) is 0 Å². The molecule has 0 atom stereocenters. The van der Waals surface area contributed by atoms with E-state index in [-0.39, 0.29) is 24.1 Å². The molecule has 2 amide bonds. The standard InChI is InChI=1S/C18H19BrN2O4S/c1-21(11-17(22)20-16-9-4-3-8-15(16)19)18(23)14-7-5-6-13(10-14)12-26(2,24)25/h3-10H,11-12H2,1-2H3,(H,20,22). The van der Waals surface area contributed by atoms with Crippen LogP contribution in [0.4, 0.5) is 5.69 Å². The smallest absolute Gasteiger partial charge is 0.254 e. The minimum atomic E-state index is -3.19. The van der Waals surface area contributed by atoms with Gasteiger partial charge in [0.15, 0.2) is 9.84 Å². The number of hydrogen-bond donors (Lipinski definition) is 1. The Kier molecular flexibility index (Phi) is 6.55. The summed E-state index contributed by atoms with van der Waals surface area (Å²) in [5.41, 5.74) is 1.49. The van der Waals surface area contributed by atoms with Crippen molar-refractivity contribution in [1.29, 1.82) is 0 Å². The van der Waals surface area contributed by atoms with Crippen molar-refractivity contribution in [3.63, 3.8) is 0 Å². The van der Waals surface area contributed by atoms with Crippen LogP contribution in [0.25, 0.3) is 0 Å². The van der Waals surface area contributed by atoms with E-state index in [0.717, 1.165) is 10.7 Å². The van der Waals surface area contributed by atoms with E-state index < -0.39 is 9.84 Å². The number of anilines is 1. The second-order valence-electron chi connectivity index (χ2n) is 5.96. The number of likely N-dealkylation sites (N-methyl/N-ethyl adjacent to an activating group) is 1. The predicted octanol–water partition coefficient (Wildman–Crippen LogP) is 2.70. The van der Waals surface area contributed by atoms with E-state index in [0.29, 0.717) is 16.8 Å². The first-order chi connectivity index (χ1) is 12.2. The molecule has 0 aliphatic rings. The van der Waals surface area contributed by atoms with Gasteiger partial charge in [0.25, 0.3) is 5.91 Å². The molecule has 2 aromatic carbocycles. The Balaban J connectivity index is 2.04. The Bertz CT molecular complexity index is 928. The lowest BCUT2D eigenvalue weighted by Crippen LogP contribution is -2.35. The molecule has 2 rings (SSSR count). The zero-order chi connectivity index (χ0) is 19.3. The summed E-state index contributed by atoms with van der Waals surface area (Å²) in [5.74, 6) is -0.831. The second kappa shape index (κ2) is 8.46. The van der Waals surface area contributed by atoms with Gasteiger partial charge in [0.1, 0.15) is 0 Å². The van der Waals surface area contributed by atoms with Crippen molar-refractivity contribution < 1.29 is 18.0 Å². The van der Waals surface area contributed by atoms with Crippen LogP contribution in [0.1, 0.15) is 15.9 Å². The maximum atomic E-state index is 12.5. The maximum Gasteiger partial charge on any atom is 0.254 e. The number of hydrogen-bond acceptors (Lipinski definition) is 4. The van der Waals surface area contributed by atoms with E-state index in [1.54, 1.807) is 36.4 Å². The lowest BCUT2D eigenvalue weighted by atomic mass is 10.1. The first kappa shape index (κ1) is 20.1. The topological polar surface area (TPSA) is 83.6 Å². The van der Waals surface area contributed by atoms with E-state index in [9.17, 15) is 18.0 Å². The zero-order valence-electron chi connectivity index (χ0n) is 14.4. The molecule has 0 radical (unpaired) electrons. The predicted molar refractivity (Wildman–Crippen MR) is 105 cm³/mol. The Morgan fingerprint density at radius 1 is 1.12 bits per heavy atom. The largest absolute Gasteiger partial charge is 0.332 e. The fraction of sp³-hybridized carbons (Fsp3) is 0.222. The molecule has 0 bridgehead atoms. The number of rotatable bonds is 6. The number of amides is 2. The van der Waals surface area contributed by atoms with Crippen LogP contribution in [0.2, 0.25) is 0 Å². The quantitative estimate of drug-likeness (QED) is 0.751. The summed E-state index contributed by atoms with van der Waals surface area (Å²) >= 11 is 3.34. The molecule has 0 aromatic heterocycles. The van der Waals surface area contributed by atoms with Crippen LogP contribution < -0.4 is 5.32 Å². The van der Waals surface area contributed by atoms with Gasteiger partial charge in [-0.3, -0.25) is 9.59 Å². The highest BCUT2D eigenvalue weighted by atomic mass is 79.9. The average Bonchev–Trinajstić information content (AvgIpc) is 2.55. The van der Waals surface area contributed by atoms with Gasteiger partial charge in [-0.25, -0.2) is 8.42 Å². The monoisotopic (exact) mass is 438 g/mol. The third kappa shape index (κ3) is 5.96. The van der Waals surface area contributed by atoms with E-state index >= 15 is 0 Å². The van der Waals surface area contributed by atoms with Crippen molar-refractivity contribution in [2.45, 2.75) is 5.75 Å². The highest BCUT2D eigenvalue weighted by molar-refractivity contribution is 9.10. The summed E-state index contributed by atoms with van der Waals surface area (Å²) in [4.78, 5) is 25.9. The van der Waals surface area contributed by atoms with Crippen molar-refractivity contribution >= 4 is 43.3 Å². The van der Waals surface area contributed by atoms with Gasteiger partial charge in [0.2, 0.25) is 5.91 Å². The van der Waals surface area contributed by atoms with Crippen LogP contribution in [0, 0.1) is 0 Å². The molecular weight excluding hydrogens is 420 g/mol. The van der Waals surface area contributed by atoms with Crippen LogP contribution in [0.15, 0.2) is 53.0 Å². The Morgan fingerprint density at radius 2 is 1.81 bits per heavy atom. The first-order valence-corrected chi connectivity index (χ1v) is 10.6. The molecule has 0 aliphatic carbocycles. The molecule has 2 aromatic rings. The number of benzene rings is 2. The molecule has 0 saturated heterocycles. The van der Waals surface area contributed by atoms with Crippen LogP contribution in [-0.2, 0) is 20.4 Å². The summed E-state index contributed by atoms with van der Waals surface area (Å²) in [6, 6.07) is 13.6. The molecule has 6 nitrogen and oxygen atoms in total. The minimum absolute atomic E-state index is 0.129. The number of para-hydroxylation sites is 1. The van der Waals surface area contributed by atoms with Gasteiger partial charge in [-0.1, -0.05) is 24.3 Å². The maximum absolute atomic E-state index is 12.5. The molecule has 26 heavy (non-hydrogen) atoms. The Hall–Kier alpha value is -2.19. The van der Waals surface area contributed by atoms with Gasteiger partial charge in [0, 0.05) is 23.3 Å². The number of carbonyl (C=O) groups is 2. The minimum Gasteiger partial charge on any atom is -0.332 e. The zero-order valence-corrected chi connectivity index (χ0v) is 16.8. The number of sulfone groups is 1. The molecule has 0 heterocycles. The van der Waals surface area contributed by atoms with Gasteiger partial charge in [-0.2, -0.15) is 0 Å². The van der Waals surface area contributed by atoms with Crippen LogP contribution >= 0.6 is 15.9 Å². The van der Waals surface area contributed by atoms with Crippen molar-refractivity contribution in [2.24, 2.45) is 0 Å². The third-order valence-electron chi connectivity index (χ3n) is 3.48. The van der Waals surface area contributed by atoms with Crippen molar-refractivity contribution in [2.75, 3.05) is 25.2 Å². The SMILES string of the molecule is CN(CC(=O)Nc1ccccc1Br)C(=O)c1cccc(CS(C)(=O)=O)c1. The van der Waals surface area contributed by atoms with E-state index in [1.165, 1.54) is 18.0 Å². The Morgan fingerprint density at radius 3 is 2.46 bits per heavy atom. The van der Waals surface area contributed by atoms with Crippen molar-refractivity contribution in [1.82, 2.24) is 4.90 Å². The summed E-state index contributed by atoms with van der Waals surface area (Å²) in [7, 11) is -1.67. The van der Waals surface area contributed by atoms with Crippen molar-refractivity contribution in [3.8, 4) is 0 Å². The summed E-state index contributed by atoms with van der Waals surface area (Å²) in [6.45, 7) is -0.129. The molecule has 0 saturated carbocycles. The lowest BCUT2D eigenvalue weighted by Gasteiger charge is -2.17. The summed E-state index contributed by atoms with van der Waals surface area (Å²) < 4.78 is 23.6. The number of carbonyl (C=O) groups excluding carboxylic acids is 2. The molecule has 1 N–H and O–H groups in total. The lowest BCUT2D eigenvalue weighted by molar-refractivity contribution is -0.116. The number of nitrogens with zero attached hydrogens (tertiary/aromatic N) is 1. The molecule has 0 fully saturated rings. The summed E-state index contributed by atoms with van der Waals surface area (Å²) in [6.07, 6.45) is 1.14. The fourth-order valence-electron chi connectivity index (χ4n) is 2.36. The van der Waals surface area contributed by atoms with Gasteiger partial charge < -0.3 is 10.2 Å². The van der Waals surface area contributed by atoms with E-state index in [1.807, 2.05) is 6.07 Å². The normalized spacial score (nSPS) is 11.0. The second-order valence-corrected chi connectivity index (χ2v) is 8.95. The molecule has 138 valence electrons. The van der Waals surface area contributed by atoms with E-state index in [4.69, 9.17) is 0 Å². The molecule has 0 aliphatic heterocycles. The van der Waals surface area contributed by atoms with Gasteiger partial charge in [-0.05, 0) is 45.8 Å². The highest BCUT2D eigenvalue weighted by Gasteiger charge is 2.16. The van der Waals surface area contributed by atoms with Gasteiger partial charge >= 0.3 is 0 Å². The molecular formula is C18H19BrN2O4S. The molecule has 0 unspecified atom stereocenters. The van der Waals surface area contributed by atoms with E-state index in [2.05, 4.69) is 21.2 Å². The van der Waals surface area contributed by atoms with Gasteiger partial charge in [-0.15, -0.1) is 0 Å². The fourth-order valence-corrected chi connectivity index (χ4v) is 3.53. The summed E-state index contributed by atoms with van der Waals surface area (Å²) in [5, 5.41) is 2.73. The third-order valence-corrected chi connectivity index (χ3v) is 5.03. The van der Waals surface area contributed by atoms with Gasteiger partial charge in [0.05, 0.1) is 18.0 Å². The molecule has 0 spiro atoms. The van der Waals surface area contributed by atoms with Crippen LogP contribution in [-0.4, -0.2) is 45.0 Å². The first-order valence-electron chi connectivity index (χ1n) is 7.72. The number of halogens is 1. The average molecular weight is 439 g/mol. The van der Waals surface area contributed by atoms with Crippen molar-refractivity contribution in [3.05, 3.63) is 64.1 Å². The highest BCUT2D eigenvalue weighted by Crippen LogP contribution is 2.21. The van der Waals surface area contributed by atoms with Crippen LogP contribution in [0.5, 0.6) is 0 Å². The number of nitrogens with one attached hydrogen (secondary N) is 1. The molecule has 8 heteroatoms.